The van der Waals surface area contributed by atoms with Gasteiger partial charge in [0.1, 0.15) is 11.0 Å². The molecule has 0 aliphatic carbocycles. The molecule has 26 heavy (non-hydrogen) atoms. The maximum Gasteiger partial charge on any atom is 0.416 e. The Morgan fingerprint density at radius 3 is 2.42 bits per heavy atom. The zero-order chi connectivity index (χ0) is 18.9. The van der Waals surface area contributed by atoms with Crippen LogP contribution >= 0.6 is 0 Å². The van der Waals surface area contributed by atoms with Crippen molar-refractivity contribution in [3.05, 3.63) is 65.2 Å². The normalized spacial score (nSPS) is 16.5. The fraction of sp³-hybridized carbons (Fsp3) is 0.278. The molecule has 1 heterocycles. The molecule has 0 saturated carbocycles. The van der Waals surface area contributed by atoms with Crippen LogP contribution in [0.5, 0.6) is 0 Å². The Balaban J connectivity index is 1.59. The van der Waals surface area contributed by atoms with Crippen LogP contribution in [-0.2, 0) is 23.7 Å². The van der Waals surface area contributed by atoms with Crippen LogP contribution in [0.3, 0.4) is 0 Å². The van der Waals surface area contributed by atoms with E-state index in [0.29, 0.717) is 12.1 Å². The Morgan fingerprint density at radius 1 is 1.15 bits per heavy atom. The van der Waals surface area contributed by atoms with Gasteiger partial charge in [0, 0.05) is 24.7 Å². The predicted molar refractivity (Wildman–Crippen MR) is 91.6 cm³/mol. The van der Waals surface area contributed by atoms with Gasteiger partial charge in [-0.15, -0.1) is 0 Å². The molecule has 1 aliphatic rings. The number of carbonyl (C=O) groups is 1. The van der Waals surface area contributed by atoms with Gasteiger partial charge in [-0.25, -0.2) is 8.93 Å². The van der Waals surface area contributed by atoms with E-state index >= 15 is 0 Å². The van der Waals surface area contributed by atoms with Gasteiger partial charge in [-0.05, 0) is 42.8 Å². The summed E-state index contributed by atoms with van der Waals surface area (Å²) >= 11 is 0. The van der Waals surface area contributed by atoms with Gasteiger partial charge in [0.25, 0.3) is 5.91 Å². The molecule has 2 unspecified atom stereocenters. The zero-order valence-electron chi connectivity index (χ0n) is 13.9. The molecule has 0 saturated heterocycles. The lowest BCUT2D eigenvalue weighted by molar-refractivity contribution is -0.137. The average molecular weight is 382 g/mol. The summed E-state index contributed by atoms with van der Waals surface area (Å²) in [5.41, 5.74) is 0.837. The fourth-order valence-electron chi connectivity index (χ4n) is 2.79. The van der Waals surface area contributed by atoms with Gasteiger partial charge in [0.05, 0.1) is 10.5 Å². The highest BCUT2D eigenvalue weighted by Crippen LogP contribution is 2.29. The molecule has 8 heteroatoms. The van der Waals surface area contributed by atoms with Crippen LogP contribution in [-0.4, -0.2) is 27.6 Å². The topological polar surface area (TPSA) is 49.4 Å². The summed E-state index contributed by atoms with van der Waals surface area (Å²) in [7, 11) is -1.66. The number of nitrogens with zero attached hydrogens (tertiary/aromatic N) is 1. The van der Waals surface area contributed by atoms with Crippen molar-refractivity contribution in [2.75, 3.05) is 6.54 Å². The van der Waals surface area contributed by atoms with Crippen molar-refractivity contribution in [3.63, 3.8) is 0 Å². The molecular weight excluding hydrogens is 365 g/mol. The summed E-state index contributed by atoms with van der Waals surface area (Å²) < 4.78 is 52.7. The molecule has 1 aliphatic heterocycles. The van der Waals surface area contributed by atoms with Crippen LogP contribution in [0.4, 0.5) is 13.2 Å². The molecule has 3 rings (SSSR count). The Labute approximate surface area is 151 Å². The van der Waals surface area contributed by atoms with Gasteiger partial charge < -0.3 is 4.90 Å². The number of hydrogen-bond donors (Lipinski definition) is 1. The number of halogens is 3. The molecular formula is C18H17F3N2O2S. The third kappa shape index (κ3) is 3.81. The number of nitrogens with one attached hydrogen (secondary N) is 1. The Hall–Kier alpha value is -2.19. The van der Waals surface area contributed by atoms with Gasteiger partial charge >= 0.3 is 6.18 Å². The molecule has 0 radical (unpaired) electrons. The highest BCUT2D eigenvalue weighted by Gasteiger charge is 2.31. The minimum absolute atomic E-state index is 0.0739. The van der Waals surface area contributed by atoms with Crippen molar-refractivity contribution in [1.29, 1.82) is 0 Å². The number of amides is 1. The van der Waals surface area contributed by atoms with E-state index in [2.05, 4.69) is 4.72 Å². The van der Waals surface area contributed by atoms with E-state index in [0.717, 1.165) is 17.7 Å². The van der Waals surface area contributed by atoms with E-state index in [9.17, 15) is 22.2 Å². The Bertz CT molecular complexity index is 837. The van der Waals surface area contributed by atoms with Crippen molar-refractivity contribution in [2.24, 2.45) is 0 Å². The van der Waals surface area contributed by atoms with Crippen LogP contribution in [0.2, 0.25) is 0 Å². The smallest absolute Gasteiger partial charge is 0.330 e. The molecule has 4 nitrogen and oxygen atoms in total. The molecule has 138 valence electrons. The van der Waals surface area contributed by atoms with E-state index in [1.54, 1.807) is 11.0 Å². The van der Waals surface area contributed by atoms with E-state index < -0.39 is 22.7 Å². The third-order valence-corrected chi connectivity index (χ3v) is 5.42. The van der Waals surface area contributed by atoms with Gasteiger partial charge in [0.15, 0.2) is 0 Å². The third-order valence-electron chi connectivity index (χ3n) is 4.29. The quantitative estimate of drug-likeness (QED) is 0.862. The summed E-state index contributed by atoms with van der Waals surface area (Å²) in [4.78, 5) is 14.3. The molecule has 1 amide bonds. The molecule has 0 fully saturated rings. The van der Waals surface area contributed by atoms with Crippen LogP contribution < -0.4 is 4.72 Å². The summed E-state index contributed by atoms with van der Waals surface area (Å²) in [5, 5.41) is 0. The molecule has 2 atom stereocenters. The van der Waals surface area contributed by atoms with Crippen LogP contribution in [0, 0.1) is 0 Å². The summed E-state index contributed by atoms with van der Waals surface area (Å²) in [6, 6.07) is 11.3. The number of benzene rings is 2. The van der Waals surface area contributed by atoms with E-state index in [4.69, 9.17) is 0 Å². The van der Waals surface area contributed by atoms with Crippen molar-refractivity contribution in [2.45, 2.75) is 30.6 Å². The van der Waals surface area contributed by atoms with Gasteiger partial charge in [-0.2, -0.15) is 13.2 Å². The van der Waals surface area contributed by atoms with E-state index in [1.165, 1.54) is 12.1 Å². The standard InChI is InChI=1S/C18H17F3N2O2S/c1-12(23-11-13-4-2-3-5-16(13)17(23)24)10-22-26(25)15-8-6-14(7-9-15)18(19,20)21/h2-9,12,22H,10-11H2,1H3. The van der Waals surface area contributed by atoms with E-state index in [1.807, 2.05) is 25.1 Å². The minimum Gasteiger partial charge on any atom is -0.330 e. The lowest BCUT2D eigenvalue weighted by atomic mass is 10.1. The molecule has 0 spiro atoms. The average Bonchev–Trinajstić information content (AvgIpc) is 2.96. The van der Waals surface area contributed by atoms with Crippen LogP contribution in [0.25, 0.3) is 0 Å². The predicted octanol–water partition coefficient (Wildman–Crippen LogP) is 3.36. The van der Waals surface area contributed by atoms with Gasteiger partial charge in [-0.1, -0.05) is 18.2 Å². The number of hydrogen-bond acceptors (Lipinski definition) is 2. The Kier molecular flexibility index (Phi) is 5.15. The van der Waals surface area contributed by atoms with Gasteiger partial charge in [0.2, 0.25) is 0 Å². The minimum atomic E-state index is -4.42. The first kappa shape index (κ1) is 18.6. The number of rotatable bonds is 5. The van der Waals surface area contributed by atoms with Crippen LogP contribution in [0.15, 0.2) is 53.4 Å². The monoisotopic (exact) mass is 382 g/mol. The van der Waals surface area contributed by atoms with Crippen molar-refractivity contribution < 1.29 is 22.2 Å². The SMILES string of the molecule is CC(CNS(=O)c1ccc(C(F)(F)F)cc1)N1Cc2ccccc2C1=O. The molecule has 1 N–H and O–H groups in total. The fourth-order valence-corrected chi connectivity index (χ4v) is 3.73. The first-order valence-electron chi connectivity index (χ1n) is 7.99. The number of carbonyl (C=O) groups excluding carboxylic acids is 1. The zero-order valence-corrected chi connectivity index (χ0v) is 14.7. The lowest BCUT2D eigenvalue weighted by Gasteiger charge is -2.24. The first-order valence-corrected chi connectivity index (χ1v) is 9.14. The Morgan fingerprint density at radius 2 is 1.81 bits per heavy atom. The molecule has 0 aromatic heterocycles. The first-order chi connectivity index (χ1) is 12.3. The second-order valence-corrected chi connectivity index (χ2v) is 7.38. The maximum absolute atomic E-state index is 12.6. The van der Waals surface area contributed by atoms with Crippen LogP contribution in [0.1, 0.15) is 28.4 Å². The summed E-state index contributed by atoms with van der Waals surface area (Å²) in [6.07, 6.45) is -4.42. The largest absolute Gasteiger partial charge is 0.416 e. The number of alkyl halides is 3. The maximum atomic E-state index is 12.6. The van der Waals surface area contributed by atoms with Gasteiger partial charge in [-0.3, -0.25) is 4.79 Å². The highest BCUT2D eigenvalue weighted by molar-refractivity contribution is 7.83. The van der Waals surface area contributed by atoms with Crippen molar-refractivity contribution >= 4 is 16.9 Å². The molecule has 2 aromatic carbocycles. The lowest BCUT2D eigenvalue weighted by Crippen LogP contribution is -2.41. The second kappa shape index (κ2) is 7.20. The number of fused-ring (bicyclic) bond motifs is 1. The molecule has 0 bridgehead atoms. The summed E-state index contributed by atoms with van der Waals surface area (Å²) in [6.45, 7) is 2.58. The highest BCUT2D eigenvalue weighted by atomic mass is 32.2. The van der Waals surface area contributed by atoms with E-state index in [-0.39, 0.29) is 23.4 Å². The summed E-state index contributed by atoms with van der Waals surface area (Å²) in [5.74, 6) is -0.0739. The van der Waals surface area contributed by atoms with Crippen molar-refractivity contribution in [3.8, 4) is 0 Å². The molecule has 2 aromatic rings. The second-order valence-electron chi connectivity index (χ2n) is 6.08. The van der Waals surface area contributed by atoms with Crippen molar-refractivity contribution in [1.82, 2.24) is 9.62 Å².